The molecule has 26 heavy (non-hydrogen) atoms. The molecule has 0 radical (unpaired) electrons. The number of benzene rings is 1. The average molecular weight is 399 g/mol. The summed E-state index contributed by atoms with van der Waals surface area (Å²) in [4.78, 5) is 29.2. The van der Waals surface area contributed by atoms with Crippen molar-refractivity contribution in [2.24, 2.45) is 0 Å². The van der Waals surface area contributed by atoms with Gasteiger partial charge in [-0.2, -0.15) is 0 Å². The number of carbonyl (C=O) groups is 2. The molecule has 0 bridgehead atoms. The van der Waals surface area contributed by atoms with Crippen molar-refractivity contribution in [2.75, 3.05) is 26.2 Å². The number of carbonyl (C=O) groups excluding carboxylic acids is 2. The van der Waals surface area contributed by atoms with Gasteiger partial charge in [0.05, 0.1) is 0 Å². The molecule has 4 nitrogen and oxygen atoms in total. The number of halogens is 2. The first-order valence-electron chi connectivity index (χ1n) is 9.44. The molecule has 1 saturated heterocycles. The second kappa shape index (κ2) is 10.3. The lowest BCUT2D eigenvalue weighted by Gasteiger charge is -2.27. The molecule has 3 rings (SSSR count). The fourth-order valence-electron chi connectivity index (χ4n) is 3.98. The van der Waals surface area contributed by atoms with E-state index in [0.717, 1.165) is 38.6 Å². The van der Waals surface area contributed by atoms with Gasteiger partial charge >= 0.3 is 0 Å². The van der Waals surface area contributed by atoms with E-state index < -0.39 is 0 Å². The van der Waals surface area contributed by atoms with Crippen LogP contribution < -0.4 is 0 Å². The van der Waals surface area contributed by atoms with Crippen LogP contribution in [0.4, 0.5) is 0 Å². The van der Waals surface area contributed by atoms with Crippen LogP contribution in [0.5, 0.6) is 0 Å². The molecule has 0 atom stereocenters. The first-order valence-corrected chi connectivity index (χ1v) is 9.82. The van der Waals surface area contributed by atoms with E-state index in [0.29, 0.717) is 17.0 Å². The van der Waals surface area contributed by atoms with Crippen LogP contribution in [0.25, 0.3) is 0 Å². The highest BCUT2D eigenvalue weighted by atomic mass is 35.5. The SMILES string of the molecule is Cl.O=C(CCC(=O)N1CCCN(C2CCCC2)CC1)c1ccc(Cl)cc1. The van der Waals surface area contributed by atoms with Crippen LogP contribution in [0.1, 0.15) is 55.3 Å². The zero-order valence-corrected chi connectivity index (χ0v) is 16.7. The van der Waals surface area contributed by atoms with E-state index in [4.69, 9.17) is 11.6 Å². The number of amides is 1. The maximum absolute atomic E-state index is 12.5. The lowest BCUT2D eigenvalue weighted by Crippen LogP contribution is -2.38. The van der Waals surface area contributed by atoms with Crippen LogP contribution in [0.2, 0.25) is 5.02 Å². The monoisotopic (exact) mass is 398 g/mol. The number of hydrogen-bond donors (Lipinski definition) is 0. The molecule has 0 spiro atoms. The third kappa shape index (κ3) is 5.70. The molecule has 6 heteroatoms. The molecule has 2 aliphatic rings. The smallest absolute Gasteiger partial charge is 0.223 e. The Morgan fingerprint density at radius 3 is 2.31 bits per heavy atom. The van der Waals surface area contributed by atoms with E-state index >= 15 is 0 Å². The highest BCUT2D eigenvalue weighted by molar-refractivity contribution is 6.30. The van der Waals surface area contributed by atoms with Crippen LogP contribution >= 0.6 is 24.0 Å². The molecule has 1 saturated carbocycles. The third-order valence-corrected chi connectivity index (χ3v) is 5.71. The molecular formula is C20H28Cl2N2O2. The van der Waals surface area contributed by atoms with E-state index in [2.05, 4.69) is 4.90 Å². The first-order chi connectivity index (χ1) is 12.1. The predicted octanol–water partition coefficient (Wildman–Crippen LogP) is 4.20. The molecular weight excluding hydrogens is 371 g/mol. The summed E-state index contributed by atoms with van der Waals surface area (Å²) in [6.45, 7) is 3.68. The molecule has 1 aliphatic heterocycles. The summed E-state index contributed by atoms with van der Waals surface area (Å²) in [5.74, 6) is 0.114. The Kier molecular flexibility index (Phi) is 8.39. The van der Waals surface area contributed by atoms with Gasteiger partial charge in [-0.15, -0.1) is 12.4 Å². The van der Waals surface area contributed by atoms with E-state index in [1.54, 1.807) is 24.3 Å². The summed E-state index contributed by atoms with van der Waals surface area (Å²) in [7, 11) is 0. The average Bonchev–Trinajstić information content (AvgIpc) is 3.04. The van der Waals surface area contributed by atoms with Crippen molar-refractivity contribution >= 4 is 35.7 Å². The van der Waals surface area contributed by atoms with Crippen molar-refractivity contribution in [3.63, 3.8) is 0 Å². The summed E-state index contributed by atoms with van der Waals surface area (Å²) in [6, 6.07) is 7.59. The summed E-state index contributed by atoms with van der Waals surface area (Å²) in [5.41, 5.74) is 0.625. The molecule has 0 N–H and O–H groups in total. The number of hydrogen-bond acceptors (Lipinski definition) is 3. The lowest BCUT2D eigenvalue weighted by atomic mass is 10.1. The Hall–Kier alpha value is -1.10. The van der Waals surface area contributed by atoms with Crippen molar-refractivity contribution < 1.29 is 9.59 Å². The van der Waals surface area contributed by atoms with Crippen LogP contribution in [0.3, 0.4) is 0 Å². The molecule has 0 aromatic heterocycles. The van der Waals surface area contributed by atoms with Gasteiger partial charge in [-0.3, -0.25) is 14.5 Å². The van der Waals surface area contributed by atoms with Gasteiger partial charge in [0.25, 0.3) is 0 Å². The van der Waals surface area contributed by atoms with Crippen molar-refractivity contribution in [1.82, 2.24) is 9.80 Å². The summed E-state index contributed by atoms with van der Waals surface area (Å²) in [5, 5.41) is 0.615. The topological polar surface area (TPSA) is 40.6 Å². The van der Waals surface area contributed by atoms with Gasteiger partial charge in [-0.05, 0) is 43.5 Å². The maximum atomic E-state index is 12.5. The zero-order chi connectivity index (χ0) is 17.6. The van der Waals surface area contributed by atoms with Crippen molar-refractivity contribution in [1.29, 1.82) is 0 Å². The minimum Gasteiger partial charge on any atom is -0.341 e. The van der Waals surface area contributed by atoms with E-state index in [1.807, 2.05) is 4.90 Å². The van der Waals surface area contributed by atoms with Gasteiger partial charge < -0.3 is 4.90 Å². The Labute approximate surface area is 167 Å². The highest BCUT2D eigenvalue weighted by Crippen LogP contribution is 2.24. The zero-order valence-electron chi connectivity index (χ0n) is 15.2. The molecule has 144 valence electrons. The van der Waals surface area contributed by atoms with Crippen LogP contribution in [-0.2, 0) is 4.79 Å². The van der Waals surface area contributed by atoms with Gasteiger partial charge in [0.15, 0.2) is 5.78 Å². The Morgan fingerprint density at radius 1 is 0.923 bits per heavy atom. The second-order valence-electron chi connectivity index (χ2n) is 7.14. The lowest BCUT2D eigenvalue weighted by molar-refractivity contribution is -0.131. The summed E-state index contributed by atoms with van der Waals surface area (Å²) in [6.07, 6.45) is 6.90. The predicted molar refractivity (Wildman–Crippen MR) is 107 cm³/mol. The quantitative estimate of drug-likeness (QED) is 0.697. The highest BCUT2D eigenvalue weighted by Gasteiger charge is 2.26. The minimum absolute atomic E-state index is 0. The summed E-state index contributed by atoms with van der Waals surface area (Å²) >= 11 is 5.84. The van der Waals surface area contributed by atoms with Gasteiger partial charge in [-0.25, -0.2) is 0 Å². The molecule has 1 aromatic carbocycles. The van der Waals surface area contributed by atoms with Gasteiger partial charge in [-0.1, -0.05) is 24.4 Å². The fraction of sp³-hybridized carbons (Fsp3) is 0.600. The maximum Gasteiger partial charge on any atom is 0.223 e. The second-order valence-corrected chi connectivity index (χ2v) is 7.58. The normalized spacial score (nSPS) is 19.0. The number of nitrogens with zero attached hydrogens (tertiary/aromatic N) is 2. The van der Waals surface area contributed by atoms with E-state index in [1.165, 1.54) is 25.7 Å². The Morgan fingerprint density at radius 2 is 1.62 bits per heavy atom. The van der Waals surface area contributed by atoms with Crippen LogP contribution in [0.15, 0.2) is 24.3 Å². The van der Waals surface area contributed by atoms with Gasteiger partial charge in [0.2, 0.25) is 5.91 Å². The Bertz CT molecular complexity index is 600. The standard InChI is InChI=1S/C20H27ClN2O2.ClH/c21-17-8-6-16(7-9-17)19(24)10-11-20(25)23-13-3-12-22(14-15-23)18-4-1-2-5-18;/h6-9,18H,1-5,10-15H2;1H. The fourth-order valence-corrected chi connectivity index (χ4v) is 4.11. The minimum atomic E-state index is 0. The Balaban J connectivity index is 0.00000243. The molecule has 0 unspecified atom stereocenters. The van der Waals surface area contributed by atoms with Crippen molar-refractivity contribution in [3.8, 4) is 0 Å². The van der Waals surface area contributed by atoms with E-state index in [-0.39, 0.29) is 30.5 Å². The van der Waals surface area contributed by atoms with Crippen LogP contribution in [-0.4, -0.2) is 53.7 Å². The van der Waals surface area contributed by atoms with Crippen molar-refractivity contribution in [3.05, 3.63) is 34.9 Å². The largest absolute Gasteiger partial charge is 0.341 e. The number of Topliss-reactive ketones (excluding diaryl/α,β-unsaturated/α-hetero) is 1. The summed E-state index contributed by atoms with van der Waals surface area (Å²) < 4.78 is 0. The molecule has 1 aromatic rings. The van der Waals surface area contributed by atoms with Crippen molar-refractivity contribution in [2.45, 2.75) is 51.0 Å². The van der Waals surface area contributed by atoms with Gasteiger partial charge in [0.1, 0.15) is 0 Å². The molecule has 1 amide bonds. The molecule has 1 aliphatic carbocycles. The molecule has 2 fully saturated rings. The third-order valence-electron chi connectivity index (χ3n) is 5.46. The van der Waals surface area contributed by atoms with Gasteiger partial charge in [0, 0.05) is 55.6 Å². The van der Waals surface area contributed by atoms with E-state index in [9.17, 15) is 9.59 Å². The number of rotatable bonds is 5. The first kappa shape index (κ1) is 21.2. The number of ketones is 1. The molecule has 1 heterocycles. The van der Waals surface area contributed by atoms with Crippen LogP contribution in [0, 0.1) is 0 Å².